The molecule has 1 unspecified atom stereocenters. The van der Waals surface area contributed by atoms with Crippen LogP contribution in [0.15, 0.2) is 54.6 Å². The summed E-state index contributed by atoms with van der Waals surface area (Å²) in [6, 6.07) is 17.5. The zero-order valence-corrected chi connectivity index (χ0v) is 16.7. The van der Waals surface area contributed by atoms with Crippen LogP contribution < -0.4 is 15.0 Å². The number of amides is 3. The molecule has 2 atom stereocenters. The lowest BCUT2D eigenvalue weighted by molar-refractivity contribution is -0.901. The summed E-state index contributed by atoms with van der Waals surface area (Å²) in [6.07, 6.45) is 1.26. The molecule has 0 radical (unpaired) electrons. The fourth-order valence-corrected chi connectivity index (χ4v) is 3.52. The van der Waals surface area contributed by atoms with Crippen molar-refractivity contribution in [2.75, 3.05) is 20.8 Å². The summed E-state index contributed by atoms with van der Waals surface area (Å²) >= 11 is 0. The summed E-state index contributed by atoms with van der Waals surface area (Å²) in [5.74, 6) is 0.647. The largest absolute Gasteiger partial charge is 0.497 e. The molecule has 1 aliphatic heterocycles. The van der Waals surface area contributed by atoms with Crippen molar-refractivity contribution < 1.29 is 19.2 Å². The van der Waals surface area contributed by atoms with Crippen LogP contribution in [0.2, 0.25) is 0 Å². The molecule has 2 aromatic rings. The number of hydrogen-bond acceptors (Lipinski definition) is 3. The van der Waals surface area contributed by atoms with Crippen LogP contribution in [-0.4, -0.2) is 43.2 Å². The first-order chi connectivity index (χ1) is 13.4. The Labute approximate surface area is 166 Å². The highest BCUT2D eigenvalue weighted by Crippen LogP contribution is 2.23. The predicted molar refractivity (Wildman–Crippen MR) is 107 cm³/mol. The molecule has 2 aromatic carbocycles. The van der Waals surface area contributed by atoms with Crippen LogP contribution in [0.25, 0.3) is 0 Å². The van der Waals surface area contributed by atoms with E-state index in [9.17, 15) is 9.59 Å². The number of carbonyl (C=O) groups is 2. The van der Waals surface area contributed by atoms with Gasteiger partial charge in [0.25, 0.3) is 5.91 Å². The van der Waals surface area contributed by atoms with Crippen molar-refractivity contribution >= 4 is 11.9 Å². The fourth-order valence-electron chi connectivity index (χ4n) is 3.52. The molecule has 1 fully saturated rings. The first-order valence-electron chi connectivity index (χ1n) is 9.53. The third-order valence-electron chi connectivity index (χ3n) is 5.19. The minimum Gasteiger partial charge on any atom is -0.497 e. The van der Waals surface area contributed by atoms with Gasteiger partial charge in [0.15, 0.2) is 6.67 Å². The fraction of sp³-hybridized carbons (Fsp3) is 0.364. The molecule has 0 aliphatic carbocycles. The molecule has 148 valence electrons. The summed E-state index contributed by atoms with van der Waals surface area (Å²) in [5.41, 5.74) is 1.41. The molecule has 0 spiro atoms. The third kappa shape index (κ3) is 4.51. The highest BCUT2D eigenvalue weighted by atomic mass is 16.5. The Balaban J connectivity index is 1.59. The van der Waals surface area contributed by atoms with Crippen LogP contribution in [0.4, 0.5) is 4.79 Å². The Morgan fingerprint density at radius 3 is 2.36 bits per heavy atom. The van der Waals surface area contributed by atoms with E-state index in [2.05, 4.69) is 5.32 Å². The molecule has 3 rings (SSSR count). The second-order valence-corrected chi connectivity index (χ2v) is 7.62. The quantitative estimate of drug-likeness (QED) is 0.682. The first-order valence-corrected chi connectivity index (χ1v) is 9.53. The maximum Gasteiger partial charge on any atom is 0.329 e. The Hall–Kier alpha value is -2.86. The molecule has 28 heavy (non-hydrogen) atoms. The van der Waals surface area contributed by atoms with Crippen molar-refractivity contribution in [2.24, 2.45) is 0 Å². The van der Waals surface area contributed by atoms with Crippen LogP contribution in [0.3, 0.4) is 0 Å². The van der Waals surface area contributed by atoms with E-state index in [1.165, 1.54) is 10.5 Å². The molecule has 0 aromatic heterocycles. The molecular weight excluding hydrogens is 354 g/mol. The summed E-state index contributed by atoms with van der Waals surface area (Å²) < 4.78 is 5.17. The van der Waals surface area contributed by atoms with Gasteiger partial charge < -0.3 is 15.0 Å². The number of aryl methyl sites for hydroxylation is 1. The molecule has 0 bridgehead atoms. The number of ether oxygens (including phenoxy) is 1. The average Bonchev–Trinajstić information content (AvgIpc) is 2.91. The lowest BCUT2D eigenvalue weighted by Crippen LogP contribution is -3.09. The van der Waals surface area contributed by atoms with Crippen molar-refractivity contribution in [3.8, 4) is 5.75 Å². The number of methoxy groups -OCH3 is 1. The summed E-state index contributed by atoms with van der Waals surface area (Å²) in [4.78, 5) is 27.8. The number of imide groups is 1. The van der Waals surface area contributed by atoms with Crippen molar-refractivity contribution in [2.45, 2.75) is 31.8 Å². The van der Waals surface area contributed by atoms with Crippen LogP contribution in [0.5, 0.6) is 5.75 Å². The van der Waals surface area contributed by atoms with Gasteiger partial charge in [-0.3, -0.25) is 4.79 Å². The lowest BCUT2D eigenvalue weighted by atomic mass is 9.93. The van der Waals surface area contributed by atoms with Crippen molar-refractivity contribution in [3.63, 3.8) is 0 Å². The maximum atomic E-state index is 13.0. The van der Waals surface area contributed by atoms with Gasteiger partial charge in [0, 0.05) is 5.56 Å². The summed E-state index contributed by atoms with van der Waals surface area (Å²) in [5, 5.41) is 2.89. The highest BCUT2D eigenvalue weighted by Gasteiger charge is 2.48. The van der Waals surface area contributed by atoms with Gasteiger partial charge in [0.2, 0.25) is 0 Å². The number of benzene rings is 2. The van der Waals surface area contributed by atoms with E-state index in [0.29, 0.717) is 19.5 Å². The number of quaternary nitrogens is 1. The van der Waals surface area contributed by atoms with Gasteiger partial charge >= 0.3 is 6.03 Å². The van der Waals surface area contributed by atoms with Crippen molar-refractivity contribution in [1.82, 2.24) is 10.2 Å². The van der Waals surface area contributed by atoms with Crippen molar-refractivity contribution in [3.05, 3.63) is 65.7 Å². The van der Waals surface area contributed by atoms with Gasteiger partial charge in [-0.25, -0.2) is 9.69 Å². The molecular formula is C22H28N3O3+. The number of rotatable bonds is 8. The van der Waals surface area contributed by atoms with E-state index in [0.717, 1.165) is 22.8 Å². The van der Waals surface area contributed by atoms with Gasteiger partial charge in [-0.15, -0.1) is 0 Å². The van der Waals surface area contributed by atoms with Crippen LogP contribution in [0.1, 0.15) is 24.5 Å². The molecule has 1 aliphatic rings. The monoisotopic (exact) mass is 382 g/mol. The number of nitrogens with zero attached hydrogens (tertiary/aromatic N) is 1. The number of nitrogens with one attached hydrogen (secondary N) is 2. The van der Waals surface area contributed by atoms with E-state index >= 15 is 0 Å². The lowest BCUT2D eigenvalue weighted by Gasteiger charge is -2.23. The van der Waals surface area contributed by atoms with Gasteiger partial charge in [0.1, 0.15) is 17.8 Å². The van der Waals surface area contributed by atoms with E-state index in [1.54, 1.807) is 7.11 Å². The van der Waals surface area contributed by atoms with Crippen LogP contribution in [-0.2, 0) is 17.8 Å². The Morgan fingerprint density at radius 1 is 1.04 bits per heavy atom. The van der Waals surface area contributed by atoms with Gasteiger partial charge in [-0.1, -0.05) is 42.5 Å². The van der Waals surface area contributed by atoms with E-state index in [-0.39, 0.29) is 11.9 Å². The van der Waals surface area contributed by atoms with Crippen molar-refractivity contribution in [1.29, 1.82) is 0 Å². The predicted octanol–water partition coefficient (Wildman–Crippen LogP) is 1.61. The smallest absolute Gasteiger partial charge is 0.329 e. The molecule has 0 saturated carbocycles. The molecule has 1 saturated heterocycles. The Morgan fingerprint density at radius 2 is 1.71 bits per heavy atom. The SMILES string of the molecule is COc1ccc(CC[C@]2(C)NC(=O)N(C[NH+](C)Cc3ccccc3)C2=O)cc1. The Bertz CT molecular complexity index is 823. The molecule has 3 amide bonds. The number of urea groups is 1. The van der Waals surface area contributed by atoms with Gasteiger partial charge in [-0.2, -0.15) is 0 Å². The van der Waals surface area contributed by atoms with Gasteiger partial charge in [0.05, 0.1) is 14.2 Å². The van der Waals surface area contributed by atoms with Crippen LogP contribution >= 0.6 is 0 Å². The second-order valence-electron chi connectivity index (χ2n) is 7.62. The van der Waals surface area contributed by atoms with E-state index in [1.807, 2.05) is 68.6 Å². The highest BCUT2D eigenvalue weighted by molar-refractivity contribution is 6.06. The molecule has 6 heteroatoms. The molecule has 6 nitrogen and oxygen atoms in total. The van der Waals surface area contributed by atoms with Crippen LogP contribution in [0, 0.1) is 0 Å². The number of carbonyl (C=O) groups excluding carboxylic acids is 2. The summed E-state index contributed by atoms with van der Waals surface area (Å²) in [7, 11) is 3.62. The molecule has 1 heterocycles. The minimum atomic E-state index is -0.871. The first kappa shape index (κ1) is 19.9. The van der Waals surface area contributed by atoms with E-state index < -0.39 is 5.54 Å². The molecule has 2 N–H and O–H groups in total. The number of hydrogen-bond donors (Lipinski definition) is 2. The standard InChI is InChI=1S/C22H27N3O3/c1-22(14-13-17-9-11-19(28-3)12-10-17)20(26)25(21(27)23-22)16-24(2)15-18-7-5-4-6-8-18/h4-12H,13-16H2,1-3H3,(H,23,27)/p+1/t22-/m0/s1. The zero-order chi connectivity index (χ0) is 20.1. The maximum absolute atomic E-state index is 13.0. The average molecular weight is 382 g/mol. The third-order valence-corrected chi connectivity index (χ3v) is 5.19. The normalized spacial score (nSPS) is 20.2. The second kappa shape index (κ2) is 8.44. The zero-order valence-electron chi connectivity index (χ0n) is 16.7. The minimum absolute atomic E-state index is 0.154. The topological polar surface area (TPSA) is 63.1 Å². The van der Waals surface area contributed by atoms with E-state index in [4.69, 9.17) is 4.74 Å². The Kier molecular flexibility index (Phi) is 5.99. The summed E-state index contributed by atoms with van der Waals surface area (Å²) in [6.45, 7) is 2.90. The van der Waals surface area contributed by atoms with Gasteiger partial charge in [-0.05, 0) is 37.5 Å².